The first-order valence-corrected chi connectivity index (χ1v) is 8.18. The Morgan fingerprint density at radius 2 is 1.79 bits per heavy atom. The predicted molar refractivity (Wildman–Crippen MR) is 97.3 cm³/mol. The highest BCUT2D eigenvalue weighted by atomic mass is 16.5. The van der Waals surface area contributed by atoms with Crippen molar-refractivity contribution >= 4 is 5.91 Å². The first kappa shape index (κ1) is 18.0. The Bertz CT molecular complexity index is 641. The summed E-state index contributed by atoms with van der Waals surface area (Å²) in [5.41, 5.74) is 2.23. The van der Waals surface area contributed by atoms with Crippen molar-refractivity contribution < 1.29 is 9.53 Å². The molecule has 1 amide bonds. The number of likely N-dealkylation sites (N-methyl/N-ethyl adjacent to an activating group) is 1. The third kappa shape index (κ3) is 5.70. The number of amides is 1. The first-order valence-electron chi connectivity index (χ1n) is 8.18. The van der Waals surface area contributed by atoms with E-state index in [1.54, 1.807) is 7.11 Å². The molecule has 2 aromatic rings. The normalized spacial score (nSPS) is 12.0. The maximum Gasteiger partial charge on any atom is 0.224 e. The smallest absolute Gasteiger partial charge is 0.224 e. The van der Waals surface area contributed by atoms with Crippen molar-refractivity contribution in [2.45, 2.75) is 18.9 Å². The van der Waals surface area contributed by atoms with Crippen molar-refractivity contribution in [1.82, 2.24) is 10.2 Å². The summed E-state index contributed by atoms with van der Waals surface area (Å²) in [6.07, 6.45) is 1.27. The minimum absolute atomic E-state index is 0.0307. The van der Waals surface area contributed by atoms with Gasteiger partial charge >= 0.3 is 0 Å². The zero-order valence-corrected chi connectivity index (χ0v) is 14.7. The van der Waals surface area contributed by atoms with Crippen molar-refractivity contribution in [3.63, 3.8) is 0 Å². The minimum Gasteiger partial charge on any atom is -0.497 e. The van der Waals surface area contributed by atoms with Crippen LogP contribution >= 0.6 is 0 Å². The summed E-state index contributed by atoms with van der Waals surface area (Å²) in [5.74, 6) is 0.804. The molecule has 1 atom stereocenters. The SMILES string of the molecule is COc1cccc(CC(=O)NCC(Cc2ccccc2)N(C)C)c1. The lowest BCUT2D eigenvalue weighted by molar-refractivity contribution is -0.120. The highest BCUT2D eigenvalue weighted by molar-refractivity contribution is 5.78. The Kier molecular flexibility index (Phi) is 6.82. The van der Waals surface area contributed by atoms with E-state index in [0.717, 1.165) is 17.7 Å². The number of ether oxygens (including phenoxy) is 1. The summed E-state index contributed by atoms with van der Waals surface area (Å²) in [6.45, 7) is 0.630. The van der Waals surface area contributed by atoms with Crippen LogP contribution in [0.25, 0.3) is 0 Å². The molecule has 128 valence electrons. The van der Waals surface area contributed by atoms with Crippen LogP contribution < -0.4 is 10.1 Å². The number of rotatable bonds is 8. The second-order valence-corrected chi connectivity index (χ2v) is 6.14. The fraction of sp³-hybridized carbons (Fsp3) is 0.350. The van der Waals surface area contributed by atoms with Gasteiger partial charge in [-0.1, -0.05) is 42.5 Å². The molecule has 0 aliphatic rings. The van der Waals surface area contributed by atoms with Gasteiger partial charge < -0.3 is 15.0 Å². The quantitative estimate of drug-likeness (QED) is 0.810. The van der Waals surface area contributed by atoms with Gasteiger partial charge in [-0.2, -0.15) is 0 Å². The first-order chi connectivity index (χ1) is 11.6. The monoisotopic (exact) mass is 326 g/mol. The van der Waals surface area contributed by atoms with Crippen molar-refractivity contribution in [3.8, 4) is 5.75 Å². The Labute approximate surface area is 144 Å². The molecule has 24 heavy (non-hydrogen) atoms. The van der Waals surface area contributed by atoms with Crippen LogP contribution in [0.5, 0.6) is 5.75 Å². The minimum atomic E-state index is 0.0307. The summed E-state index contributed by atoms with van der Waals surface area (Å²) in [6, 6.07) is 18.2. The van der Waals surface area contributed by atoms with Crippen LogP contribution in [0.15, 0.2) is 54.6 Å². The molecule has 1 unspecified atom stereocenters. The zero-order chi connectivity index (χ0) is 17.4. The molecule has 2 rings (SSSR count). The zero-order valence-electron chi connectivity index (χ0n) is 14.7. The van der Waals surface area contributed by atoms with Crippen LogP contribution in [0, 0.1) is 0 Å². The van der Waals surface area contributed by atoms with Crippen LogP contribution in [-0.2, 0) is 17.6 Å². The van der Waals surface area contributed by atoms with Crippen molar-refractivity contribution in [2.75, 3.05) is 27.7 Å². The second kappa shape index (κ2) is 9.08. The van der Waals surface area contributed by atoms with Crippen molar-refractivity contribution in [3.05, 3.63) is 65.7 Å². The van der Waals surface area contributed by atoms with Crippen LogP contribution in [0.3, 0.4) is 0 Å². The van der Waals surface area contributed by atoms with E-state index in [1.165, 1.54) is 5.56 Å². The van der Waals surface area contributed by atoms with E-state index >= 15 is 0 Å². The molecule has 0 aromatic heterocycles. The topological polar surface area (TPSA) is 41.6 Å². The number of benzene rings is 2. The molecule has 0 fully saturated rings. The number of hydrogen-bond acceptors (Lipinski definition) is 3. The molecule has 0 spiro atoms. The molecule has 0 heterocycles. The van der Waals surface area contributed by atoms with Crippen molar-refractivity contribution in [2.24, 2.45) is 0 Å². The van der Waals surface area contributed by atoms with E-state index in [2.05, 4.69) is 22.3 Å². The van der Waals surface area contributed by atoms with Crippen LogP contribution in [0.1, 0.15) is 11.1 Å². The molecule has 0 bridgehead atoms. The van der Waals surface area contributed by atoms with E-state index in [4.69, 9.17) is 4.74 Å². The van der Waals surface area contributed by atoms with Gasteiger partial charge in [0.05, 0.1) is 13.5 Å². The molecule has 4 heteroatoms. The van der Waals surface area contributed by atoms with Gasteiger partial charge in [0.15, 0.2) is 0 Å². The standard InChI is InChI=1S/C20H26N2O2/c1-22(2)18(12-16-8-5-4-6-9-16)15-21-20(23)14-17-10-7-11-19(13-17)24-3/h4-11,13,18H,12,14-15H2,1-3H3,(H,21,23). The third-order valence-electron chi connectivity index (χ3n) is 4.08. The Hall–Kier alpha value is -2.33. The summed E-state index contributed by atoms with van der Waals surface area (Å²) < 4.78 is 5.19. The number of carbonyl (C=O) groups is 1. The Morgan fingerprint density at radius 1 is 1.08 bits per heavy atom. The van der Waals surface area contributed by atoms with E-state index in [0.29, 0.717) is 13.0 Å². The summed E-state index contributed by atoms with van der Waals surface area (Å²) in [4.78, 5) is 14.4. The molecule has 2 aromatic carbocycles. The van der Waals surface area contributed by atoms with Crippen LogP contribution in [0.4, 0.5) is 0 Å². The second-order valence-electron chi connectivity index (χ2n) is 6.14. The third-order valence-corrected chi connectivity index (χ3v) is 4.08. The van der Waals surface area contributed by atoms with Gasteiger partial charge in [-0.3, -0.25) is 4.79 Å². The molecule has 4 nitrogen and oxygen atoms in total. The number of methoxy groups -OCH3 is 1. The number of nitrogens with zero attached hydrogens (tertiary/aromatic N) is 1. The molecule has 0 saturated carbocycles. The number of carbonyl (C=O) groups excluding carboxylic acids is 1. The molecule has 0 radical (unpaired) electrons. The highest BCUT2D eigenvalue weighted by Crippen LogP contribution is 2.13. The summed E-state index contributed by atoms with van der Waals surface area (Å²) in [5, 5.41) is 3.05. The Balaban J connectivity index is 1.87. The van der Waals surface area contributed by atoms with E-state index in [1.807, 2.05) is 56.6 Å². The lowest BCUT2D eigenvalue weighted by Crippen LogP contribution is -2.42. The van der Waals surface area contributed by atoms with Gasteiger partial charge in [-0.25, -0.2) is 0 Å². The lowest BCUT2D eigenvalue weighted by atomic mass is 10.0. The van der Waals surface area contributed by atoms with Gasteiger partial charge in [0.25, 0.3) is 0 Å². The van der Waals surface area contributed by atoms with Gasteiger partial charge in [-0.15, -0.1) is 0 Å². The average molecular weight is 326 g/mol. The van der Waals surface area contributed by atoms with Gasteiger partial charge in [0.2, 0.25) is 5.91 Å². The summed E-state index contributed by atoms with van der Waals surface area (Å²) >= 11 is 0. The maximum atomic E-state index is 12.2. The molecule has 0 aliphatic heterocycles. The largest absolute Gasteiger partial charge is 0.497 e. The maximum absolute atomic E-state index is 12.2. The van der Waals surface area contributed by atoms with Gasteiger partial charge in [0, 0.05) is 12.6 Å². The van der Waals surface area contributed by atoms with Crippen LogP contribution in [0.2, 0.25) is 0 Å². The summed E-state index contributed by atoms with van der Waals surface area (Å²) in [7, 11) is 5.72. The van der Waals surface area contributed by atoms with E-state index < -0.39 is 0 Å². The van der Waals surface area contributed by atoms with Crippen LogP contribution in [-0.4, -0.2) is 44.6 Å². The molecule has 0 aliphatic carbocycles. The van der Waals surface area contributed by atoms with Gasteiger partial charge in [-0.05, 0) is 43.8 Å². The fourth-order valence-electron chi connectivity index (χ4n) is 2.59. The molecule has 0 saturated heterocycles. The molecular formula is C20H26N2O2. The van der Waals surface area contributed by atoms with E-state index in [9.17, 15) is 4.79 Å². The fourth-order valence-corrected chi connectivity index (χ4v) is 2.59. The predicted octanol–water partition coefficient (Wildman–Crippen LogP) is 2.53. The van der Waals surface area contributed by atoms with Gasteiger partial charge in [0.1, 0.15) is 5.75 Å². The van der Waals surface area contributed by atoms with E-state index in [-0.39, 0.29) is 11.9 Å². The molecular weight excluding hydrogens is 300 g/mol. The highest BCUT2D eigenvalue weighted by Gasteiger charge is 2.14. The number of nitrogens with one attached hydrogen (secondary N) is 1. The average Bonchev–Trinajstić information content (AvgIpc) is 2.59. The number of hydrogen-bond donors (Lipinski definition) is 1. The lowest BCUT2D eigenvalue weighted by Gasteiger charge is -2.24. The van der Waals surface area contributed by atoms with Crippen molar-refractivity contribution in [1.29, 1.82) is 0 Å². The molecule has 1 N–H and O–H groups in total. The Morgan fingerprint density at radius 3 is 2.46 bits per heavy atom.